The summed E-state index contributed by atoms with van der Waals surface area (Å²) in [6, 6.07) is 19.5. The molecule has 0 heterocycles. The highest BCUT2D eigenvalue weighted by Crippen LogP contribution is 2.12. The maximum Gasteiger partial charge on any atom is 0.266 e. The SMILES string of the molecule is N#C/C(=C\c1cccc(C#N)c1)C(=O)Nc1ccccc1. The van der Waals surface area contributed by atoms with E-state index in [1.165, 1.54) is 6.08 Å². The van der Waals surface area contributed by atoms with Crippen molar-refractivity contribution < 1.29 is 4.79 Å². The molecule has 1 N–H and O–H groups in total. The van der Waals surface area contributed by atoms with E-state index < -0.39 is 5.91 Å². The Morgan fingerprint density at radius 1 is 1.05 bits per heavy atom. The highest BCUT2D eigenvalue weighted by atomic mass is 16.1. The van der Waals surface area contributed by atoms with Crippen LogP contribution in [-0.2, 0) is 4.79 Å². The van der Waals surface area contributed by atoms with Crippen molar-refractivity contribution in [2.45, 2.75) is 0 Å². The van der Waals surface area contributed by atoms with Crippen LogP contribution < -0.4 is 5.32 Å². The molecule has 1 amide bonds. The molecule has 4 heteroatoms. The summed E-state index contributed by atoms with van der Waals surface area (Å²) in [7, 11) is 0. The van der Waals surface area contributed by atoms with Crippen molar-refractivity contribution in [1.29, 1.82) is 10.5 Å². The van der Waals surface area contributed by atoms with Crippen molar-refractivity contribution in [3.05, 3.63) is 71.3 Å². The Morgan fingerprint density at radius 2 is 1.81 bits per heavy atom. The lowest BCUT2D eigenvalue weighted by Gasteiger charge is -2.03. The number of benzene rings is 2. The molecular weight excluding hydrogens is 262 g/mol. The molecule has 21 heavy (non-hydrogen) atoms. The van der Waals surface area contributed by atoms with Gasteiger partial charge < -0.3 is 5.32 Å². The van der Waals surface area contributed by atoms with E-state index in [1.807, 2.05) is 18.2 Å². The summed E-state index contributed by atoms with van der Waals surface area (Å²) < 4.78 is 0. The fourth-order valence-electron chi connectivity index (χ4n) is 1.73. The van der Waals surface area contributed by atoms with E-state index in [0.29, 0.717) is 16.8 Å². The molecule has 2 rings (SSSR count). The highest BCUT2D eigenvalue weighted by Gasteiger charge is 2.09. The third kappa shape index (κ3) is 3.79. The number of anilines is 1. The number of nitriles is 2. The Hall–Kier alpha value is -3.37. The summed E-state index contributed by atoms with van der Waals surface area (Å²) in [6.07, 6.45) is 1.46. The third-order valence-electron chi connectivity index (χ3n) is 2.72. The number of hydrogen-bond acceptors (Lipinski definition) is 3. The van der Waals surface area contributed by atoms with Gasteiger partial charge >= 0.3 is 0 Å². The van der Waals surface area contributed by atoms with Gasteiger partial charge in [-0.1, -0.05) is 30.3 Å². The molecule has 0 aliphatic heterocycles. The summed E-state index contributed by atoms with van der Waals surface area (Å²) >= 11 is 0. The van der Waals surface area contributed by atoms with Crippen LogP contribution in [0.4, 0.5) is 5.69 Å². The number of carbonyl (C=O) groups is 1. The molecule has 0 atom stereocenters. The summed E-state index contributed by atoms with van der Waals surface area (Å²) in [4.78, 5) is 12.0. The molecule has 0 radical (unpaired) electrons. The molecule has 0 spiro atoms. The second-order valence-electron chi connectivity index (χ2n) is 4.23. The van der Waals surface area contributed by atoms with Crippen molar-refractivity contribution in [1.82, 2.24) is 0 Å². The highest BCUT2D eigenvalue weighted by molar-refractivity contribution is 6.09. The van der Waals surface area contributed by atoms with Crippen LogP contribution in [0.5, 0.6) is 0 Å². The number of rotatable bonds is 3. The van der Waals surface area contributed by atoms with Gasteiger partial charge in [-0.3, -0.25) is 4.79 Å². The number of para-hydroxylation sites is 1. The van der Waals surface area contributed by atoms with E-state index in [4.69, 9.17) is 10.5 Å². The molecule has 100 valence electrons. The summed E-state index contributed by atoms with van der Waals surface area (Å²) in [5, 5.41) is 20.6. The van der Waals surface area contributed by atoms with E-state index in [1.54, 1.807) is 48.5 Å². The van der Waals surface area contributed by atoms with E-state index in [2.05, 4.69) is 5.32 Å². The van der Waals surface area contributed by atoms with E-state index in [-0.39, 0.29) is 5.57 Å². The monoisotopic (exact) mass is 273 g/mol. The zero-order valence-electron chi connectivity index (χ0n) is 11.1. The maximum atomic E-state index is 12.0. The van der Waals surface area contributed by atoms with Crippen molar-refractivity contribution in [3.8, 4) is 12.1 Å². The summed E-state index contributed by atoms with van der Waals surface area (Å²) in [5.41, 5.74) is 1.71. The number of carbonyl (C=O) groups excluding carboxylic acids is 1. The van der Waals surface area contributed by atoms with Gasteiger partial charge in [0.15, 0.2) is 0 Å². The Bertz CT molecular complexity index is 765. The van der Waals surface area contributed by atoms with E-state index in [9.17, 15) is 4.79 Å². The average molecular weight is 273 g/mol. The first kappa shape index (κ1) is 14.0. The quantitative estimate of drug-likeness (QED) is 0.689. The molecule has 0 fully saturated rings. The Morgan fingerprint density at radius 3 is 2.48 bits per heavy atom. The lowest BCUT2D eigenvalue weighted by Crippen LogP contribution is -2.13. The topological polar surface area (TPSA) is 76.7 Å². The van der Waals surface area contributed by atoms with Gasteiger partial charge in [0, 0.05) is 5.69 Å². The van der Waals surface area contributed by atoms with E-state index in [0.717, 1.165) is 0 Å². The Labute approximate surface area is 122 Å². The predicted molar refractivity (Wildman–Crippen MR) is 79.8 cm³/mol. The zero-order chi connectivity index (χ0) is 15.1. The third-order valence-corrected chi connectivity index (χ3v) is 2.72. The molecular formula is C17H11N3O. The van der Waals surface area contributed by atoms with Crippen molar-refractivity contribution >= 4 is 17.7 Å². The smallest absolute Gasteiger partial charge is 0.266 e. The molecule has 0 aliphatic carbocycles. The fraction of sp³-hybridized carbons (Fsp3) is 0. The van der Waals surface area contributed by atoms with Gasteiger partial charge in [0.05, 0.1) is 11.6 Å². The van der Waals surface area contributed by atoms with Crippen LogP contribution >= 0.6 is 0 Å². The largest absolute Gasteiger partial charge is 0.321 e. The van der Waals surface area contributed by atoms with Gasteiger partial charge in [-0.25, -0.2) is 0 Å². The Kier molecular flexibility index (Phi) is 4.48. The minimum Gasteiger partial charge on any atom is -0.321 e. The fourth-order valence-corrected chi connectivity index (χ4v) is 1.73. The second kappa shape index (κ2) is 6.70. The van der Waals surface area contributed by atoms with Gasteiger partial charge in [0.25, 0.3) is 5.91 Å². The minimum absolute atomic E-state index is 0.0195. The molecule has 0 saturated carbocycles. The van der Waals surface area contributed by atoms with Crippen LogP contribution in [-0.4, -0.2) is 5.91 Å². The van der Waals surface area contributed by atoms with Crippen LogP contribution in [0.2, 0.25) is 0 Å². The van der Waals surface area contributed by atoms with Crippen LogP contribution in [0.15, 0.2) is 60.2 Å². The van der Waals surface area contributed by atoms with E-state index >= 15 is 0 Å². The first-order valence-corrected chi connectivity index (χ1v) is 6.21. The standard InChI is InChI=1S/C17H11N3O/c18-11-14-6-4-5-13(9-14)10-15(12-19)17(21)20-16-7-2-1-3-8-16/h1-10H,(H,20,21)/b15-10+. The number of nitrogens with zero attached hydrogens (tertiary/aromatic N) is 2. The summed E-state index contributed by atoms with van der Waals surface area (Å²) in [6.45, 7) is 0. The van der Waals surface area contributed by atoms with Crippen LogP contribution in [0, 0.1) is 22.7 Å². The van der Waals surface area contributed by atoms with Gasteiger partial charge in [-0.05, 0) is 35.9 Å². The average Bonchev–Trinajstić information content (AvgIpc) is 2.53. The summed E-state index contributed by atoms with van der Waals surface area (Å²) in [5.74, 6) is -0.480. The molecule has 2 aromatic carbocycles. The number of nitrogens with one attached hydrogen (secondary N) is 1. The maximum absolute atomic E-state index is 12.0. The molecule has 4 nitrogen and oxygen atoms in total. The van der Waals surface area contributed by atoms with Crippen LogP contribution in [0.3, 0.4) is 0 Å². The van der Waals surface area contributed by atoms with Crippen LogP contribution in [0.25, 0.3) is 6.08 Å². The molecule has 0 saturated heterocycles. The van der Waals surface area contributed by atoms with Gasteiger partial charge in [0.1, 0.15) is 11.6 Å². The first-order valence-electron chi connectivity index (χ1n) is 6.21. The molecule has 2 aromatic rings. The Balaban J connectivity index is 2.23. The van der Waals surface area contributed by atoms with Gasteiger partial charge in [-0.2, -0.15) is 10.5 Å². The lowest BCUT2D eigenvalue weighted by molar-refractivity contribution is -0.112. The molecule has 0 bridgehead atoms. The first-order chi connectivity index (χ1) is 10.2. The van der Waals surface area contributed by atoms with Crippen molar-refractivity contribution in [2.24, 2.45) is 0 Å². The predicted octanol–water partition coefficient (Wildman–Crippen LogP) is 3.10. The lowest BCUT2D eigenvalue weighted by atomic mass is 10.1. The normalized spacial score (nSPS) is 10.3. The minimum atomic E-state index is -0.480. The number of amides is 1. The van der Waals surface area contributed by atoms with Crippen molar-refractivity contribution in [2.75, 3.05) is 5.32 Å². The molecule has 0 aliphatic rings. The van der Waals surface area contributed by atoms with Crippen LogP contribution in [0.1, 0.15) is 11.1 Å². The number of hydrogen-bond donors (Lipinski definition) is 1. The molecule has 0 aromatic heterocycles. The molecule has 0 unspecified atom stereocenters. The van der Waals surface area contributed by atoms with Gasteiger partial charge in [-0.15, -0.1) is 0 Å². The zero-order valence-corrected chi connectivity index (χ0v) is 11.1. The van der Waals surface area contributed by atoms with Crippen molar-refractivity contribution in [3.63, 3.8) is 0 Å². The second-order valence-corrected chi connectivity index (χ2v) is 4.23. The van der Waals surface area contributed by atoms with Gasteiger partial charge in [0.2, 0.25) is 0 Å².